The minimum absolute atomic E-state index is 0.534. The first kappa shape index (κ1) is 17.9. The van der Waals surface area contributed by atoms with Crippen molar-refractivity contribution in [3.8, 4) is 5.75 Å². The van der Waals surface area contributed by atoms with Gasteiger partial charge in [-0.2, -0.15) is 13.2 Å². The number of aryl methyl sites for hydroxylation is 1. The van der Waals surface area contributed by atoms with E-state index in [0.29, 0.717) is 17.7 Å². The van der Waals surface area contributed by atoms with Gasteiger partial charge in [-0.1, -0.05) is 29.8 Å². The van der Waals surface area contributed by atoms with Gasteiger partial charge in [0.1, 0.15) is 5.75 Å². The van der Waals surface area contributed by atoms with Crippen molar-refractivity contribution < 1.29 is 26.7 Å². The average molecular weight is 357 g/mol. The summed E-state index contributed by atoms with van der Waals surface area (Å²) >= 11 is 0. The molecule has 0 bridgehead atoms. The first-order valence-electron chi connectivity index (χ1n) is 6.75. The van der Waals surface area contributed by atoms with Gasteiger partial charge in [0.15, 0.2) is 0 Å². The number of hydrogen-bond donors (Lipinski definition) is 2. The third-order valence-corrected chi connectivity index (χ3v) is 4.09. The van der Waals surface area contributed by atoms with Crippen LogP contribution < -0.4 is 4.72 Å². The fraction of sp³-hybridized carbons (Fsp3) is 0.125. The standard InChI is InChI=1S/C16H14F3NO3S/c1-11-2-4-12(5-3-11)8-9-24(22,23)20-14-10-13(16(17,18)19)6-7-15(14)21/h2-10,20-21H,1H3/b9-8-. The Hall–Kier alpha value is -2.48. The Balaban J connectivity index is 2.24. The van der Waals surface area contributed by atoms with E-state index in [4.69, 9.17) is 0 Å². The molecule has 0 atom stereocenters. The van der Waals surface area contributed by atoms with Crippen molar-refractivity contribution in [2.24, 2.45) is 0 Å². The van der Waals surface area contributed by atoms with Crippen LogP contribution in [0.3, 0.4) is 0 Å². The monoisotopic (exact) mass is 357 g/mol. The van der Waals surface area contributed by atoms with E-state index in [2.05, 4.69) is 0 Å². The minimum Gasteiger partial charge on any atom is -0.506 e. The highest BCUT2D eigenvalue weighted by molar-refractivity contribution is 7.95. The molecule has 0 aromatic heterocycles. The first-order chi connectivity index (χ1) is 11.1. The summed E-state index contributed by atoms with van der Waals surface area (Å²) in [7, 11) is -4.09. The number of hydrogen-bond acceptors (Lipinski definition) is 3. The molecule has 0 spiro atoms. The van der Waals surface area contributed by atoms with Crippen molar-refractivity contribution in [3.05, 3.63) is 64.6 Å². The van der Waals surface area contributed by atoms with E-state index in [1.807, 2.05) is 11.6 Å². The van der Waals surface area contributed by atoms with Gasteiger partial charge in [-0.3, -0.25) is 4.72 Å². The average Bonchev–Trinajstić information content (AvgIpc) is 2.48. The van der Waals surface area contributed by atoms with Crippen LogP contribution in [0.5, 0.6) is 5.75 Å². The maximum absolute atomic E-state index is 12.7. The van der Waals surface area contributed by atoms with Gasteiger partial charge in [0, 0.05) is 0 Å². The SMILES string of the molecule is Cc1ccc(/C=C\S(=O)(=O)Nc2cc(C(F)(F)F)ccc2O)cc1. The number of anilines is 1. The van der Waals surface area contributed by atoms with E-state index in [9.17, 15) is 26.7 Å². The van der Waals surface area contributed by atoms with Gasteiger partial charge in [0.05, 0.1) is 16.7 Å². The van der Waals surface area contributed by atoms with Gasteiger partial charge >= 0.3 is 6.18 Å². The number of sulfonamides is 1. The fourth-order valence-electron chi connectivity index (χ4n) is 1.83. The normalized spacial score (nSPS) is 12.5. The van der Waals surface area contributed by atoms with Crippen LogP contribution in [-0.4, -0.2) is 13.5 Å². The summed E-state index contributed by atoms with van der Waals surface area (Å²) in [6.07, 6.45) is -3.35. The lowest BCUT2D eigenvalue weighted by Gasteiger charge is -2.11. The van der Waals surface area contributed by atoms with Crippen LogP contribution >= 0.6 is 0 Å². The topological polar surface area (TPSA) is 66.4 Å². The zero-order valence-electron chi connectivity index (χ0n) is 12.5. The van der Waals surface area contributed by atoms with Crippen molar-refractivity contribution in [1.82, 2.24) is 0 Å². The molecule has 0 aliphatic carbocycles. The zero-order valence-corrected chi connectivity index (χ0v) is 13.3. The molecule has 2 aromatic rings. The number of benzene rings is 2. The maximum atomic E-state index is 12.7. The van der Waals surface area contributed by atoms with Crippen LogP contribution in [0.2, 0.25) is 0 Å². The number of phenolic OH excluding ortho intramolecular Hbond substituents is 1. The summed E-state index contributed by atoms with van der Waals surface area (Å²) < 4.78 is 63.8. The Morgan fingerprint density at radius 1 is 1.08 bits per heavy atom. The van der Waals surface area contributed by atoms with Crippen LogP contribution in [0.4, 0.5) is 18.9 Å². The van der Waals surface area contributed by atoms with Crippen LogP contribution in [0.1, 0.15) is 16.7 Å². The molecule has 0 fully saturated rings. The quantitative estimate of drug-likeness (QED) is 0.809. The highest BCUT2D eigenvalue weighted by atomic mass is 32.2. The number of nitrogens with one attached hydrogen (secondary N) is 1. The third kappa shape index (κ3) is 4.76. The van der Waals surface area contributed by atoms with Gasteiger partial charge < -0.3 is 5.11 Å². The maximum Gasteiger partial charge on any atom is 0.416 e. The summed E-state index contributed by atoms with van der Waals surface area (Å²) in [5.41, 5.74) is 0.000143. The van der Waals surface area contributed by atoms with Gasteiger partial charge in [-0.05, 0) is 36.8 Å². The van der Waals surface area contributed by atoms with Crippen molar-refractivity contribution in [3.63, 3.8) is 0 Å². The fourth-order valence-corrected chi connectivity index (χ4v) is 2.70. The second-order valence-electron chi connectivity index (χ2n) is 5.09. The number of rotatable bonds is 4. The van der Waals surface area contributed by atoms with Gasteiger partial charge in [-0.25, -0.2) is 8.42 Å². The molecule has 24 heavy (non-hydrogen) atoms. The van der Waals surface area contributed by atoms with E-state index >= 15 is 0 Å². The molecule has 4 nitrogen and oxygen atoms in total. The summed E-state index contributed by atoms with van der Waals surface area (Å²) in [6, 6.07) is 8.95. The van der Waals surface area contributed by atoms with E-state index in [1.54, 1.807) is 24.3 Å². The molecule has 0 unspecified atom stereocenters. The predicted octanol–water partition coefficient (Wildman–Crippen LogP) is 4.13. The smallest absolute Gasteiger partial charge is 0.416 e. The molecule has 0 saturated heterocycles. The number of alkyl halides is 3. The molecule has 0 aliphatic rings. The number of halogens is 3. The molecular weight excluding hydrogens is 343 g/mol. The second-order valence-corrected chi connectivity index (χ2v) is 6.66. The third-order valence-electron chi connectivity index (χ3n) is 3.09. The molecule has 2 N–H and O–H groups in total. The predicted molar refractivity (Wildman–Crippen MR) is 85.9 cm³/mol. The molecule has 0 amide bonds. The number of phenols is 1. The largest absolute Gasteiger partial charge is 0.506 e. The van der Waals surface area contributed by atoms with E-state index in [1.165, 1.54) is 6.08 Å². The Labute approximate surface area is 137 Å². The zero-order chi connectivity index (χ0) is 18.0. The van der Waals surface area contributed by atoms with E-state index in [0.717, 1.165) is 17.0 Å². The molecule has 0 radical (unpaired) electrons. The van der Waals surface area contributed by atoms with E-state index in [-0.39, 0.29) is 0 Å². The van der Waals surface area contributed by atoms with E-state index < -0.39 is 33.2 Å². The lowest BCUT2D eigenvalue weighted by atomic mass is 10.2. The van der Waals surface area contributed by atoms with Crippen molar-refractivity contribution in [2.75, 3.05) is 4.72 Å². The van der Waals surface area contributed by atoms with Gasteiger partial charge in [-0.15, -0.1) is 0 Å². The Bertz CT molecular complexity index is 857. The molecule has 8 heteroatoms. The van der Waals surface area contributed by atoms with Crippen molar-refractivity contribution >= 4 is 21.8 Å². The molecule has 0 aliphatic heterocycles. The molecule has 2 aromatic carbocycles. The van der Waals surface area contributed by atoms with Crippen LogP contribution in [0, 0.1) is 6.92 Å². The highest BCUT2D eigenvalue weighted by Gasteiger charge is 2.31. The second kappa shape index (κ2) is 6.56. The van der Waals surface area contributed by atoms with Crippen molar-refractivity contribution in [1.29, 1.82) is 0 Å². The lowest BCUT2D eigenvalue weighted by Crippen LogP contribution is -2.11. The molecular formula is C16H14F3NO3S. The molecule has 0 saturated carbocycles. The Kier molecular flexibility index (Phi) is 4.88. The lowest BCUT2D eigenvalue weighted by molar-refractivity contribution is -0.137. The van der Waals surface area contributed by atoms with Crippen molar-refractivity contribution in [2.45, 2.75) is 13.1 Å². The summed E-state index contributed by atoms with van der Waals surface area (Å²) in [6.45, 7) is 1.88. The highest BCUT2D eigenvalue weighted by Crippen LogP contribution is 2.34. The Morgan fingerprint density at radius 3 is 2.29 bits per heavy atom. The first-order valence-corrected chi connectivity index (χ1v) is 8.29. The minimum atomic E-state index is -4.65. The molecule has 128 valence electrons. The van der Waals surface area contributed by atoms with Gasteiger partial charge in [0.2, 0.25) is 0 Å². The number of aromatic hydroxyl groups is 1. The summed E-state index contributed by atoms with van der Waals surface area (Å²) in [4.78, 5) is 0. The Morgan fingerprint density at radius 2 is 1.71 bits per heavy atom. The van der Waals surface area contributed by atoms with Crippen LogP contribution in [0.15, 0.2) is 47.9 Å². The molecule has 2 rings (SSSR count). The van der Waals surface area contributed by atoms with Gasteiger partial charge in [0.25, 0.3) is 10.0 Å². The van der Waals surface area contributed by atoms with Crippen LogP contribution in [-0.2, 0) is 16.2 Å². The summed E-state index contributed by atoms with van der Waals surface area (Å²) in [5, 5.41) is 10.4. The summed E-state index contributed by atoms with van der Waals surface area (Å²) in [5.74, 6) is -0.602. The van der Waals surface area contributed by atoms with Crippen LogP contribution in [0.25, 0.3) is 6.08 Å². The molecule has 0 heterocycles.